The van der Waals surface area contributed by atoms with Crippen LogP contribution in [0.1, 0.15) is 51.1 Å². The van der Waals surface area contributed by atoms with Gasteiger partial charge < -0.3 is 9.45 Å². The van der Waals surface area contributed by atoms with Crippen LogP contribution >= 0.6 is 23.1 Å². The highest BCUT2D eigenvalue weighted by atomic mass is 32.2. The number of rotatable bonds is 5. The summed E-state index contributed by atoms with van der Waals surface area (Å²) in [6, 6.07) is 32.5. The molecule has 8 heteroatoms. The number of anilines is 1. The number of thiazole rings is 1. The number of fused-ring (bicyclic) bond motifs is 6. The van der Waals surface area contributed by atoms with E-state index in [9.17, 15) is 13.0 Å². The second kappa shape index (κ2) is 14.1. The van der Waals surface area contributed by atoms with Crippen molar-refractivity contribution in [3.05, 3.63) is 136 Å². The van der Waals surface area contributed by atoms with Gasteiger partial charge in [-0.1, -0.05) is 115 Å². The zero-order chi connectivity index (χ0) is 35.9. The summed E-state index contributed by atoms with van der Waals surface area (Å²) in [7, 11) is -4.27. The van der Waals surface area contributed by atoms with E-state index in [0.717, 1.165) is 31.5 Å². The third kappa shape index (κ3) is 7.28. The Kier molecular flexibility index (Phi) is 9.71. The summed E-state index contributed by atoms with van der Waals surface area (Å²) in [5.41, 5.74) is 6.73. The molecule has 6 aromatic rings. The van der Waals surface area contributed by atoms with Crippen LogP contribution in [-0.2, 0) is 16.7 Å². The SMILES string of the molecule is CCN1/C(=C/C2=CC(=C\c3sc4ccc5ccccc5c4[n+]3CC)/CC(C)(C)C2)Sc2ccc3ccccc3c21.Cc1ccc(S(=O)(=O)[O-])cc1. The van der Waals surface area contributed by atoms with Crippen molar-refractivity contribution in [3.63, 3.8) is 0 Å². The second-order valence-electron chi connectivity index (χ2n) is 14.0. The first-order chi connectivity index (χ1) is 24.4. The van der Waals surface area contributed by atoms with Gasteiger partial charge in [-0.2, -0.15) is 4.57 Å². The van der Waals surface area contributed by atoms with E-state index >= 15 is 0 Å². The topological polar surface area (TPSA) is 64.3 Å². The minimum Gasteiger partial charge on any atom is -0.744 e. The zero-order valence-electron chi connectivity index (χ0n) is 29.6. The van der Waals surface area contributed by atoms with Crippen LogP contribution in [0.5, 0.6) is 0 Å². The summed E-state index contributed by atoms with van der Waals surface area (Å²) in [6.07, 6.45) is 9.58. The molecule has 1 aliphatic carbocycles. The van der Waals surface area contributed by atoms with Crippen molar-refractivity contribution < 1.29 is 17.5 Å². The highest BCUT2D eigenvalue weighted by Crippen LogP contribution is 2.50. The van der Waals surface area contributed by atoms with Gasteiger partial charge in [0.15, 0.2) is 0 Å². The van der Waals surface area contributed by atoms with Gasteiger partial charge in [-0.3, -0.25) is 0 Å². The molecule has 51 heavy (non-hydrogen) atoms. The molecule has 5 aromatic carbocycles. The van der Waals surface area contributed by atoms with E-state index in [1.807, 2.05) is 30.0 Å². The van der Waals surface area contributed by atoms with E-state index in [1.54, 1.807) is 12.1 Å². The van der Waals surface area contributed by atoms with Crippen LogP contribution in [-0.4, -0.2) is 19.5 Å². The van der Waals surface area contributed by atoms with Crippen molar-refractivity contribution >= 4 is 76.7 Å². The Morgan fingerprint density at radius 3 is 2.20 bits per heavy atom. The molecule has 5 nitrogen and oxygen atoms in total. The number of allylic oxidation sites excluding steroid dienone is 4. The maximum Gasteiger partial charge on any atom is 0.263 e. The average Bonchev–Trinajstić information content (AvgIpc) is 3.64. The van der Waals surface area contributed by atoms with Gasteiger partial charge in [-0.25, -0.2) is 8.42 Å². The normalized spacial score (nSPS) is 17.2. The van der Waals surface area contributed by atoms with Crippen LogP contribution in [0, 0.1) is 12.3 Å². The molecule has 0 amide bonds. The average molecular weight is 731 g/mol. The summed E-state index contributed by atoms with van der Waals surface area (Å²) < 4.78 is 35.0. The van der Waals surface area contributed by atoms with Crippen molar-refractivity contribution in [2.45, 2.75) is 63.8 Å². The molecule has 0 unspecified atom stereocenters. The van der Waals surface area contributed by atoms with Gasteiger partial charge >= 0.3 is 0 Å². The first kappa shape index (κ1) is 35.2. The predicted molar refractivity (Wildman–Crippen MR) is 214 cm³/mol. The Bertz CT molecular complexity index is 2490. The smallest absolute Gasteiger partial charge is 0.263 e. The molecule has 2 heterocycles. The fourth-order valence-corrected chi connectivity index (χ4v) is 10.2. The molecule has 8 rings (SSSR count). The van der Waals surface area contributed by atoms with Crippen molar-refractivity contribution in [1.29, 1.82) is 0 Å². The van der Waals surface area contributed by atoms with E-state index in [4.69, 9.17) is 0 Å². The molecule has 0 atom stereocenters. The van der Waals surface area contributed by atoms with E-state index in [0.29, 0.717) is 0 Å². The van der Waals surface area contributed by atoms with Crippen molar-refractivity contribution in [2.24, 2.45) is 5.41 Å². The van der Waals surface area contributed by atoms with Gasteiger partial charge in [-0.15, -0.1) is 0 Å². The summed E-state index contributed by atoms with van der Waals surface area (Å²) in [6.45, 7) is 13.1. The van der Waals surface area contributed by atoms with Crippen LogP contribution in [0.4, 0.5) is 5.69 Å². The van der Waals surface area contributed by atoms with Crippen molar-refractivity contribution in [3.8, 4) is 0 Å². The largest absolute Gasteiger partial charge is 0.744 e. The van der Waals surface area contributed by atoms with E-state index < -0.39 is 10.1 Å². The van der Waals surface area contributed by atoms with Crippen LogP contribution in [0.2, 0.25) is 0 Å². The Hall–Kier alpha value is -4.21. The monoisotopic (exact) mass is 730 g/mol. The predicted octanol–water partition coefficient (Wildman–Crippen LogP) is 11.0. The van der Waals surface area contributed by atoms with Gasteiger partial charge in [0.05, 0.1) is 21.0 Å². The lowest BCUT2D eigenvalue weighted by atomic mass is 9.75. The minimum atomic E-state index is -4.27. The third-order valence-electron chi connectivity index (χ3n) is 9.52. The molecule has 2 aliphatic rings. The zero-order valence-corrected chi connectivity index (χ0v) is 32.1. The molecule has 0 saturated heterocycles. The highest BCUT2D eigenvalue weighted by Gasteiger charge is 2.30. The first-order valence-electron chi connectivity index (χ1n) is 17.4. The standard InChI is InChI=1S/C36H35N2S2.C7H8O3S/c1-5-37-32(39-30-17-15-26-11-7-9-13-28(26)34(30)37)20-24-19-25(23-36(3,4)22-24)21-33-38(6-2)35-29-14-10-8-12-27(29)16-18-31(35)40-33;1-6-2-4-7(5-3-6)11(8,9)10/h7-21H,5-6,22-23H2,1-4H3;2-5H,1H3,(H,8,9,10)/q+1;/p-1. The number of hydrogen-bond donors (Lipinski definition) is 0. The van der Waals surface area contributed by atoms with Crippen LogP contribution < -0.4 is 9.47 Å². The molecule has 0 radical (unpaired) electrons. The quantitative estimate of drug-likeness (QED) is 0.131. The summed E-state index contributed by atoms with van der Waals surface area (Å²) in [5, 5.41) is 7.99. The fourth-order valence-electron chi connectivity index (χ4n) is 7.31. The van der Waals surface area contributed by atoms with Gasteiger partial charge in [-0.05, 0) is 97.4 Å². The number of aryl methyl sites for hydroxylation is 2. The number of aromatic nitrogens is 1. The maximum atomic E-state index is 10.4. The molecule has 1 aliphatic heterocycles. The minimum absolute atomic E-state index is 0.178. The number of thioether (sulfide) groups is 1. The summed E-state index contributed by atoms with van der Waals surface area (Å²) >= 11 is 3.84. The molecule has 0 bridgehead atoms. The Balaban J connectivity index is 0.000000318. The molecule has 0 fully saturated rings. The van der Waals surface area contributed by atoms with Gasteiger partial charge in [0.1, 0.15) is 21.4 Å². The van der Waals surface area contributed by atoms with Crippen LogP contribution in [0.3, 0.4) is 0 Å². The first-order valence-corrected chi connectivity index (χ1v) is 20.4. The van der Waals surface area contributed by atoms with Crippen LogP contribution in [0.15, 0.2) is 135 Å². The van der Waals surface area contributed by atoms with Crippen molar-refractivity contribution in [1.82, 2.24) is 0 Å². The Morgan fingerprint density at radius 1 is 0.843 bits per heavy atom. The van der Waals surface area contributed by atoms with Gasteiger partial charge in [0.25, 0.3) is 5.01 Å². The maximum absolute atomic E-state index is 10.4. The van der Waals surface area contributed by atoms with Crippen molar-refractivity contribution in [2.75, 3.05) is 11.4 Å². The lowest BCUT2D eigenvalue weighted by Gasteiger charge is -2.31. The highest BCUT2D eigenvalue weighted by molar-refractivity contribution is 8.03. The fraction of sp³-hybridized carbons (Fsp3) is 0.233. The van der Waals surface area contributed by atoms with Crippen LogP contribution in [0.25, 0.3) is 37.8 Å². The molecule has 0 saturated carbocycles. The van der Waals surface area contributed by atoms with Gasteiger partial charge in [0.2, 0.25) is 5.52 Å². The Labute approximate surface area is 309 Å². The summed E-state index contributed by atoms with van der Waals surface area (Å²) in [5.74, 6) is 0. The van der Waals surface area contributed by atoms with E-state index in [1.165, 1.54) is 75.7 Å². The molecule has 1 aromatic heterocycles. The number of hydrogen-bond acceptors (Lipinski definition) is 6. The van der Waals surface area contributed by atoms with Gasteiger partial charge in [0, 0.05) is 22.9 Å². The lowest BCUT2D eigenvalue weighted by molar-refractivity contribution is -0.664. The lowest BCUT2D eigenvalue weighted by Crippen LogP contribution is -2.33. The summed E-state index contributed by atoms with van der Waals surface area (Å²) in [4.78, 5) is 3.69. The molecule has 0 N–H and O–H groups in total. The third-order valence-corrected chi connectivity index (χ3v) is 12.6. The number of nitrogens with zero attached hydrogens (tertiary/aromatic N) is 2. The molecular weight excluding hydrogens is 689 g/mol. The Morgan fingerprint density at radius 2 is 1.51 bits per heavy atom. The van der Waals surface area contributed by atoms with E-state index in [2.05, 4.69) is 128 Å². The molecule has 260 valence electrons. The van der Waals surface area contributed by atoms with E-state index in [-0.39, 0.29) is 10.3 Å². The number of benzene rings is 5. The molecule has 0 spiro atoms. The molecular formula is C43H42N2O3S3. The second-order valence-corrected chi connectivity index (χ2v) is 17.5.